The lowest BCUT2D eigenvalue weighted by Crippen LogP contribution is -2.14. The Bertz CT molecular complexity index is 587. The van der Waals surface area contributed by atoms with Crippen LogP contribution < -0.4 is 4.74 Å². The Morgan fingerprint density at radius 1 is 1.30 bits per heavy atom. The first-order chi connectivity index (χ1) is 9.70. The van der Waals surface area contributed by atoms with Crippen molar-refractivity contribution in [1.82, 2.24) is 4.98 Å². The van der Waals surface area contributed by atoms with E-state index in [1.165, 1.54) is 0 Å². The van der Waals surface area contributed by atoms with Crippen LogP contribution in [0.4, 0.5) is 0 Å². The molecule has 0 amide bonds. The smallest absolute Gasteiger partial charge is 0.344 e. The van der Waals surface area contributed by atoms with E-state index in [1.54, 1.807) is 31.5 Å². The van der Waals surface area contributed by atoms with E-state index in [0.717, 1.165) is 11.1 Å². The summed E-state index contributed by atoms with van der Waals surface area (Å²) in [6.07, 6.45) is 3.47. The molecule has 1 heterocycles. The molecule has 1 aromatic carbocycles. The van der Waals surface area contributed by atoms with Crippen LogP contribution in [0.5, 0.6) is 5.75 Å². The Morgan fingerprint density at radius 2 is 2.15 bits per heavy atom. The minimum absolute atomic E-state index is 0.153. The summed E-state index contributed by atoms with van der Waals surface area (Å²) in [5.74, 6) is 0.0345. The number of benzene rings is 1. The highest BCUT2D eigenvalue weighted by molar-refractivity contribution is 6.32. The summed E-state index contributed by atoms with van der Waals surface area (Å²) < 4.78 is 10.1. The van der Waals surface area contributed by atoms with Gasteiger partial charge in [0.25, 0.3) is 0 Å². The standard InChI is InChI=1S/C15H14ClNO3/c1-2-19-15(18)10-20-14-6-5-11(8-13(14)16)12-4-3-7-17-9-12/h3-9H,2,10H2,1H3. The van der Waals surface area contributed by atoms with Crippen molar-refractivity contribution in [2.24, 2.45) is 0 Å². The maximum absolute atomic E-state index is 11.2. The van der Waals surface area contributed by atoms with Gasteiger partial charge < -0.3 is 9.47 Å². The predicted molar refractivity (Wildman–Crippen MR) is 76.8 cm³/mol. The molecular formula is C15H14ClNO3. The number of pyridine rings is 1. The molecule has 2 aromatic rings. The van der Waals surface area contributed by atoms with E-state index in [2.05, 4.69) is 4.98 Å². The third kappa shape index (κ3) is 3.71. The molecular weight excluding hydrogens is 278 g/mol. The third-order valence-electron chi connectivity index (χ3n) is 2.58. The summed E-state index contributed by atoms with van der Waals surface area (Å²) >= 11 is 6.14. The molecule has 0 bridgehead atoms. The fourth-order valence-electron chi connectivity index (χ4n) is 1.67. The van der Waals surface area contributed by atoms with E-state index in [9.17, 15) is 4.79 Å². The third-order valence-corrected chi connectivity index (χ3v) is 2.87. The minimum atomic E-state index is -0.417. The van der Waals surface area contributed by atoms with Gasteiger partial charge in [0, 0.05) is 18.0 Å². The largest absolute Gasteiger partial charge is 0.480 e. The number of ether oxygens (including phenoxy) is 2. The van der Waals surface area contributed by atoms with Crippen LogP contribution in [0.25, 0.3) is 11.1 Å². The Labute approximate surface area is 122 Å². The second-order valence-electron chi connectivity index (χ2n) is 3.98. The average molecular weight is 292 g/mol. The molecule has 2 rings (SSSR count). The number of rotatable bonds is 5. The normalized spacial score (nSPS) is 10.1. The molecule has 20 heavy (non-hydrogen) atoms. The zero-order valence-electron chi connectivity index (χ0n) is 11.0. The van der Waals surface area contributed by atoms with Gasteiger partial charge in [-0.1, -0.05) is 23.7 Å². The van der Waals surface area contributed by atoms with Crippen molar-refractivity contribution < 1.29 is 14.3 Å². The average Bonchev–Trinajstić information content (AvgIpc) is 2.47. The molecule has 0 aliphatic heterocycles. The van der Waals surface area contributed by atoms with Crippen LogP contribution in [-0.2, 0) is 9.53 Å². The number of halogens is 1. The Morgan fingerprint density at radius 3 is 2.80 bits per heavy atom. The summed E-state index contributed by atoms with van der Waals surface area (Å²) in [6.45, 7) is 1.92. The van der Waals surface area contributed by atoms with Crippen molar-refractivity contribution >= 4 is 17.6 Å². The molecule has 0 N–H and O–H groups in total. The zero-order valence-corrected chi connectivity index (χ0v) is 11.8. The molecule has 4 nitrogen and oxygen atoms in total. The Kier molecular flexibility index (Phi) is 4.96. The van der Waals surface area contributed by atoms with Crippen LogP contribution in [0, 0.1) is 0 Å². The molecule has 1 aromatic heterocycles. The lowest BCUT2D eigenvalue weighted by atomic mass is 10.1. The highest BCUT2D eigenvalue weighted by Crippen LogP contribution is 2.30. The first-order valence-corrected chi connectivity index (χ1v) is 6.57. The van der Waals surface area contributed by atoms with Crippen LogP contribution >= 0.6 is 11.6 Å². The van der Waals surface area contributed by atoms with E-state index in [-0.39, 0.29) is 6.61 Å². The molecule has 0 atom stereocenters. The van der Waals surface area contributed by atoms with E-state index in [0.29, 0.717) is 17.4 Å². The van der Waals surface area contributed by atoms with Crippen molar-refractivity contribution in [3.05, 3.63) is 47.7 Å². The molecule has 0 fully saturated rings. The molecule has 0 saturated heterocycles. The summed E-state index contributed by atoms with van der Waals surface area (Å²) in [5, 5.41) is 0.440. The molecule has 0 radical (unpaired) electrons. The van der Waals surface area contributed by atoms with Gasteiger partial charge in [0.1, 0.15) is 5.75 Å². The number of carbonyl (C=O) groups excluding carboxylic acids is 1. The number of hydrogen-bond donors (Lipinski definition) is 0. The van der Waals surface area contributed by atoms with Gasteiger partial charge in [0.15, 0.2) is 6.61 Å². The maximum atomic E-state index is 11.2. The SMILES string of the molecule is CCOC(=O)COc1ccc(-c2cccnc2)cc1Cl. The van der Waals surface area contributed by atoms with Crippen molar-refractivity contribution in [3.8, 4) is 16.9 Å². The lowest BCUT2D eigenvalue weighted by molar-refractivity contribution is -0.145. The quantitative estimate of drug-likeness (QED) is 0.793. The Hall–Kier alpha value is -2.07. The van der Waals surface area contributed by atoms with Gasteiger partial charge in [-0.05, 0) is 30.7 Å². The van der Waals surface area contributed by atoms with E-state index in [4.69, 9.17) is 21.1 Å². The fraction of sp³-hybridized carbons (Fsp3) is 0.200. The predicted octanol–water partition coefficient (Wildman–Crippen LogP) is 3.34. The van der Waals surface area contributed by atoms with E-state index >= 15 is 0 Å². The molecule has 5 heteroatoms. The molecule has 0 unspecified atom stereocenters. The van der Waals surface area contributed by atoms with Crippen molar-refractivity contribution in [1.29, 1.82) is 0 Å². The fourth-order valence-corrected chi connectivity index (χ4v) is 1.91. The van der Waals surface area contributed by atoms with Gasteiger partial charge in [0.05, 0.1) is 11.6 Å². The van der Waals surface area contributed by atoms with Crippen LogP contribution in [0.15, 0.2) is 42.7 Å². The number of hydrogen-bond acceptors (Lipinski definition) is 4. The van der Waals surface area contributed by atoms with Crippen molar-refractivity contribution in [2.45, 2.75) is 6.92 Å². The van der Waals surface area contributed by atoms with Crippen LogP contribution in [0.3, 0.4) is 0 Å². The second-order valence-corrected chi connectivity index (χ2v) is 4.39. The first kappa shape index (κ1) is 14.3. The molecule has 0 aliphatic carbocycles. The van der Waals surface area contributed by atoms with Crippen LogP contribution in [0.1, 0.15) is 6.92 Å². The first-order valence-electron chi connectivity index (χ1n) is 6.19. The van der Waals surface area contributed by atoms with Gasteiger partial charge in [-0.3, -0.25) is 4.98 Å². The highest BCUT2D eigenvalue weighted by Gasteiger charge is 2.08. The topological polar surface area (TPSA) is 48.4 Å². The number of esters is 1. The van der Waals surface area contributed by atoms with Gasteiger partial charge in [-0.15, -0.1) is 0 Å². The summed E-state index contributed by atoms with van der Waals surface area (Å²) in [4.78, 5) is 15.3. The van der Waals surface area contributed by atoms with Gasteiger partial charge in [-0.2, -0.15) is 0 Å². The summed E-state index contributed by atoms with van der Waals surface area (Å²) in [5.41, 5.74) is 1.90. The maximum Gasteiger partial charge on any atom is 0.344 e. The van der Waals surface area contributed by atoms with Gasteiger partial charge >= 0.3 is 5.97 Å². The van der Waals surface area contributed by atoms with Crippen molar-refractivity contribution in [3.63, 3.8) is 0 Å². The number of aromatic nitrogens is 1. The molecule has 0 spiro atoms. The monoisotopic (exact) mass is 291 g/mol. The Balaban J connectivity index is 2.08. The van der Waals surface area contributed by atoms with Crippen LogP contribution in [-0.4, -0.2) is 24.2 Å². The zero-order chi connectivity index (χ0) is 14.4. The molecule has 0 saturated carbocycles. The van der Waals surface area contributed by atoms with Crippen LogP contribution in [0.2, 0.25) is 5.02 Å². The summed E-state index contributed by atoms with van der Waals surface area (Å²) in [6, 6.07) is 9.17. The number of carbonyl (C=O) groups is 1. The lowest BCUT2D eigenvalue weighted by Gasteiger charge is -2.09. The van der Waals surface area contributed by atoms with E-state index in [1.807, 2.05) is 18.2 Å². The number of nitrogens with zero attached hydrogens (tertiary/aromatic N) is 1. The molecule has 104 valence electrons. The highest BCUT2D eigenvalue weighted by atomic mass is 35.5. The van der Waals surface area contributed by atoms with Crippen molar-refractivity contribution in [2.75, 3.05) is 13.2 Å². The van der Waals surface area contributed by atoms with E-state index < -0.39 is 5.97 Å². The summed E-state index contributed by atoms with van der Waals surface area (Å²) in [7, 11) is 0. The molecule has 0 aliphatic rings. The van der Waals surface area contributed by atoms with Gasteiger partial charge in [0.2, 0.25) is 0 Å². The minimum Gasteiger partial charge on any atom is -0.480 e. The second kappa shape index (κ2) is 6.91. The van der Waals surface area contributed by atoms with Gasteiger partial charge in [-0.25, -0.2) is 4.79 Å².